The monoisotopic (exact) mass is 360 g/mol. The van der Waals surface area contributed by atoms with Crippen molar-refractivity contribution in [2.75, 3.05) is 0 Å². The summed E-state index contributed by atoms with van der Waals surface area (Å²) in [6, 6.07) is 8.15. The summed E-state index contributed by atoms with van der Waals surface area (Å²) >= 11 is 5.63. The van der Waals surface area contributed by atoms with Gasteiger partial charge in [-0.3, -0.25) is 0 Å². The van der Waals surface area contributed by atoms with Gasteiger partial charge in [0.1, 0.15) is 5.82 Å². The van der Waals surface area contributed by atoms with E-state index < -0.39 is 23.6 Å². The van der Waals surface area contributed by atoms with Gasteiger partial charge in [-0.05, 0) is 35.4 Å². The number of hydrogen-bond acceptors (Lipinski definition) is 1. The van der Waals surface area contributed by atoms with Crippen LogP contribution < -0.4 is 10.6 Å². The largest absolute Gasteiger partial charge is 0.416 e. The lowest BCUT2D eigenvalue weighted by Crippen LogP contribution is -2.34. The Balaban J connectivity index is 1.86. The van der Waals surface area contributed by atoms with Crippen LogP contribution in [-0.4, -0.2) is 6.03 Å². The number of alkyl halides is 3. The first-order valence-electron chi connectivity index (χ1n) is 6.87. The van der Waals surface area contributed by atoms with E-state index >= 15 is 0 Å². The third-order valence-corrected chi connectivity index (χ3v) is 3.43. The maximum atomic E-state index is 13.0. The molecule has 0 unspecified atom stereocenters. The normalized spacial score (nSPS) is 11.2. The molecule has 128 valence electrons. The number of nitrogens with one attached hydrogen (secondary N) is 2. The zero-order chi connectivity index (χ0) is 17.7. The van der Waals surface area contributed by atoms with Crippen molar-refractivity contribution in [2.24, 2.45) is 0 Å². The number of benzene rings is 2. The lowest BCUT2D eigenvalue weighted by Gasteiger charge is -2.10. The van der Waals surface area contributed by atoms with Gasteiger partial charge in [0.25, 0.3) is 0 Å². The van der Waals surface area contributed by atoms with Crippen molar-refractivity contribution >= 4 is 17.6 Å². The lowest BCUT2D eigenvalue weighted by atomic mass is 10.1. The smallest absolute Gasteiger partial charge is 0.334 e. The molecule has 0 aliphatic carbocycles. The summed E-state index contributed by atoms with van der Waals surface area (Å²) in [6.45, 7) is 0.0500. The highest BCUT2D eigenvalue weighted by molar-refractivity contribution is 6.30. The van der Waals surface area contributed by atoms with Gasteiger partial charge in [0.15, 0.2) is 0 Å². The fourth-order valence-electron chi connectivity index (χ4n) is 1.93. The Bertz CT molecular complexity index is 734. The second-order valence-electron chi connectivity index (χ2n) is 4.98. The third-order valence-electron chi connectivity index (χ3n) is 3.14. The average molecular weight is 361 g/mol. The Morgan fingerprint density at radius 1 is 1.00 bits per heavy atom. The summed E-state index contributed by atoms with van der Waals surface area (Å²) in [5.74, 6) is -0.561. The van der Waals surface area contributed by atoms with E-state index in [4.69, 9.17) is 11.6 Å². The summed E-state index contributed by atoms with van der Waals surface area (Å²) < 4.78 is 50.8. The van der Waals surface area contributed by atoms with Crippen LogP contribution in [0.3, 0.4) is 0 Å². The second kappa shape index (κ2) is 7.53. The van der Waals surface area contributed by atoms with Crippen molar-refractivity contribution < 1.29 is 22.4 Å². The van der Waals surface area contributed by atoms with E-state index in [0.29, 0.717) is 11.1 Å². The average Bonchev–Trinajstić information content (AvgIpc) is 2.53. The highest BCUT2D eigenvalue weighted by Crippen LogP contribution is 2.29. The minimum atomic E-state index is -4.43. The molecule has 0 aromatic heterocycles. The number of halogens is 5. The molecule has 24 heavy (non-hydrogen) atoms. The Morgan fingerprint density at radius 2 is 1.62 bits per heavy atom. The van der Waals surface area contributed by atoms with Gasteiger partial charge in [-0.25, -0.2) is 9.18 Å². The van der Waals surface area contributed by atoms with Crippen molar-refractivity contribution in [1.82, 2.24) is 10.6 Å². The SMILES string of the molecule is O=C(NCc1cccc(C(F)(F)F)c1)NCc1ccc(F)c(Cl)c1. The zero-order valence-corrected chi connectivity index (χ0v) is 13.0. The molecule has 0 aliphatic heterocycles. The van der Waals surface area contributed by atoms with E-state index in [-0.39, 0.29) is 18.1 Å². The van der Waals surface area contributed by atoms with Crippen LogP contribution in [0.5, 0.6) is 0 Å². The van der Waals surface area contributed by atoms with Gasteiger partial charge in [0.05, 0.1) is 10.6 Å². The molecule has 0 spiro atoms. The van der Waals surface area contributed by atoms with Gasteiger partial charge >= 0.3 is 12.2 Å². The molecule has 2 amide bonds. The van der Waals surface area contributed by atoms with Crippen molar-refractivity contribution in [3.63, 3.8) is 0 Å². The van der Waals surface area contributed by atoms with Crippen molar-refractivity contribution in [2.45, 2.75) is 19.3 Å². The van der Waals surface area contributed by atoms with Crippen LogP contribution in [0.15, 0.2) is 42.5 Å². The molecule has 2 rings (SSSR count). The molecular weight excluding hydrogens is 348 g/mol. The van der Waals surface area contributed by atoms with Crippen molar-refractivity contribution in [3.05, 3.63) is 70.0 Å². The maximum absolute atomic E-state index is 13.0. The van der Waals surface area contributed by atoms with Gasteiger partial charge in [-0.1, -0.05) is 29.8 Å². The molecule has 2 aromatic carbocycles. The van der Waals surface area contributed by atoms with Crippen LogP contribution in [0.2, 0.25) is 5.02 Å². The van der Waals surface area contributed by atoms with Crippen LogP contribution >= 0.6 is 11.6 Å². The molecule has 0 saturated heterocycles. The summed E-state index contributed by atoms with van der Waals surface area (Å²) in [5.41, 5.74) is 0.142. The Morgan fingerprint density at radius 3 is 2.21 bits per heavy atom. The van der Waals surface area contributed by atoms with Crippen LogP contribution in [0, 0.1) is 5.82 Å². The number of amides is 2. The summed E-state index contributed by atoms with van der Waals surface area (Å²) in [7, 11) is 0. The molecule has 0 fully saturated rings. The zero-order valence-electron chi connectivity index (χ0n) is 12.3. The van der Waals surface area contributed by atoms with Gasteiger partial charge in [-0.2, -0.15) is 13.2 Å². The molecule has 0 saturated carbocycles. The van der Waals surface area contributed by atoms with E-state index in [2.05, 4.69) is 10.6 Å². The predicted octanol–water partition coefficient (Wildman–Crippen LogP) is 4.50. The Kier molecular flexibility index (Phi) is 5.66. The highest BCUT2D eigenvalue weighted by Gasteiger charge is 2.30. The lowest BCUT2D eigenvalue weighted by molar-refractivity contribution is -0.137. The first-order valence-corrected chi connectivity index (χ1v) is 7.25. The molecular formula is C16H13ClF4N2O. The topological polar surface area (TPSA) is 41.1 Å². The second-order valence-corrected chi connectivity index (χ2v) is 5.39. The van der Waals surface area contributed by atoms with Gasteiger partial charge < -0.3 is 10.6 Å². The number of carbonyl (C=O) groups is 1. The summed E-state index contributed by atoms with van der Waals surface area (Å²) in [4.78, 5) is 11.7. The summed E-state index contributed by atoms with van der Waals surface area (Å²) in [6.07, 6.45) is -4.43. The molecule has 0 atom stereocenters. The maximum Gasteiger partial charge on any atom is 0.416 e. The molecule has 2 N–H and O–H groups in total. The Hall–Kier alpha value is -2.28. The summed E-state index contributed by atoms with van der Waals surface area (Å²) in [5, 5.41) is 4.90. The molecule has 3 nitrogen and oxygen atoms in total. The van der Waals surface area contributed by atoms with Crippen LogP contribution in [-0.2, 0) is 19.3 Å². The third kappa shape index (κ3) is 5.13. The van der Waals surface area contributed by atoms with Gasteiger partial charge in [0.2, 0.25) is 0 Å². The van der Waals surface area contributed by atoms with Crippen LogP contribution in [0.1, 0.15) is 16.7 Å². The minimum absolute atomic E-state index is 0.0556. The molecule has 0 heterocycles. The quantitative estimate of drug-likeness (QED) is 0.775. The van der Waals surface area contributed by atoms with Gasteiger partial charge in [0, 0.05) is 13.1 Å². The highest BCUT2D eigenvalue weighted by atomic mass is 35.5. The van der Waals surface area contributed by atoms with E-state index in [1.807, 2.05) is 0 Å². The fourth-order valence-corrected chi connectivity index (χ4v) is 2.14. The van der Waals surface area contributed by atoms with E-state index in [1.165, 1.54) is 30.3 Å². The molecule has 2 aromatic rings. The van der Waals surface area contributed by atoms with Crippen LogP contribution in [0.25, 0.3) is 0 Å². The first-order chi connectivity index (χ1) is 11.3. The molecule has 0 aliphatic rings. The van der Waals surface area contributed by atoms with Gasteiger partial charge in [-0.15, -0.1) is 0 Å². The fraction of sp³-hybridized carbons (Fsp3) is 0.188. The van der Waals surface area contributed by atoms with E-state index in [9.17, 15) is 22.4 Å². The first kappa shape index (κ1) is 18.1. The van der Waals surface area contributed by atoms with Crippen molar-refractivity contribution in [3.8, 4) is 0 Å². The number of rotatable bonds is 4. The van der Waals surface area contributed by atoms with Crippen molar-refractivity contribution in [1.29, 1.82) is 0 Å². The number of urea groups is 1. The van der Waals surface area contributed by atoms with E-state index in [1.54, 1.807) is 0 Å². The Labute approximate surface area is 140 Å². The van der Waals surface area contributed by atoms with Crippen LogP contribution in [0.4, 0.5) is 22.4 Å². The minimum Gasteiger partial charge on any atom is -0.334 e. The molecule has 0 bridgehead atoms. The number of carbonyl (C=O) groups excluding carboxylic acids is 1. The predicted molar refractivity (Wildman–Crippen MR) is 81.9 cm³/mol. The molecule has 0 radical (unpaired) electrons. The standard InChI is InChI=1S/C16H13ClF4N2O/c17-13-7-11(4-5-14(13)18)9-23-15(24)22-8-10-2-1-3-12(6-10)16(19,20)21/h1-7H,8-9H2,(H2,22,23,24). The molecule has 8 heteroatoms. The van der Waals surface area contributed by atoms with E-state index in [0.717, 1.165) is 12.1 Å². The number of hydrogen-bond donors (Lipinski definition) is 2.